The van der Waals surface area contributed by atoms with Crippen LogP contribution in [0.25, 0.3) is 0 Å². The van der Waals surface area contributed by atoms with Crippen molar-refractivity contribution in [3.63, 3.8) is 0 Å². The molecule has 1 N–H and O–H groups in total. The Balaban J connectivity index is 1.66. The number of halogens is 1. The number of hydrogen-bond acceptors (Lipinski definition) is 5. The summed E-state index contributed by atoms with van der Waals surface area (Å²) in [6.45, 7) is 0.243. The summed E-state index contributed by atoms with van der Waals surface area (Å²) in [4.78, 5) is 33.7. The molecule has 2 aromatic rings. The average molecular weight is 330 g/mol. The van der Waals surface area contributed by atoms with E-state index >= 15 is 0 Å². The number of anilines is 2. The second-order valence-corrected chi connectivity index (χ2v) is 5.33. The number of nitrogens with one attached hydrogen (secondary N) is 1. The van der Waals surface area contributed by atoms with Crippen LogP contribution in [0.3, 0.4) is 0 Å². The van der Waals surface area contributed by atoms with Crippen LogP contribution in [0.1, 0.15) is 6.42 Å². The van der Waals surface area contributed by atoms with Crippen LogP contribution in [-0.4, -0.2) is 35.4 Å². The molecule has 0 spiro atoms. The summed E-state index contributed by atoms with van der Waals surface area (Å²) in [5, 5.41) is 2.68. The van der Waals surface area contributed by atoms with Gasteiger partial charge in [0.2, 0.25) is 11.8 Å². The molecule has 1 atom stereocenters. The van der Waals surface area contributed by atoms with Gasteiger partial charge in [-0.2, -0.15) is 0 Å². The quantitative estimate of drug-likeness (QED) is 0.921. The van der Waals surface area contributed by atoms with Crippen LogP contribution in [0.15, 0.2) is 36.7 Å². The summed E-state index contributed by atoms with van der Waals surface area (Å²) >= 11 is 0. The van der Waals surface area contributed by atoms with E-state index in [9.17, 15) is 14.0 Å². The lowest BCUT2D eigenvalue weighted by Gasteiger charge is -2.16. The van der Waals surface area contributed by atoms with E-state index < -0.39 is 5.92 Å². The first-order valence-electron chi connectivity index (χ1n) is 7.29. The lowest BCUT2D eigenvalue weighted by Crippen LogP contribution is -2.28. The fourth-order valence-electron chi connectivity index (χ4n) is 2.48. The van der Waals surface area contributed by atoms with Gasteiger partial charge in [0.05, 0.1) is 31.1 Å². The molecule has 2 amide bonds. The highest BCUT2D eigenvalue weighted by Gasteiger charge is 2.35. The maximum Gasteiger partial charge on any atom is 0.316 e. The third kappa shape index (κ3) is 3.32. The predicted octanol–water partition coefficient (Wildman–Crippen LogP) is 1.62. The van der Waals surface area contributed by atoms with Crippen molar-refractivity contribution in [3.05, 3.63) is 42.5 Å². The number of aromatic nitrogens is 2. The molecule has 24 heavy (non-hydrogen) atoms. The monoisotopic (exact) mass is 330 g/mol. The first kappa shape index (κ1) is 15.9. The first-order valence-corrected chi connectivity index (χ1v) is 7.29. The molecule has 2 heterocycles. The lowest BCUT2D eigenvalue weighted by atomic mass is 10.1. The molecule has 0 aliphatic carbocycles. The minimum atomic E-state index is -0.496. The Morgan fingerprint density at radius 3 is 2.58 bits per heavy atom. The maximum atomic E-state index is 13.0. The number of nitrogens with zero attached hydrogens (tertiary/aromatic N) is 3. The summed E-state index contributed by atoms with van der Waals surface area (Å²) < 4.78 is 17.8. The zero-order chi connectivity index (χ0) is 17.1. The number of benzene rings is 1. The summed E-state index contributed by atoms with van der Waals surface area (Å²) in [6.07, 6.45) is 2.96. The molecular formula is C16H15FN4O3. The third-order valence-corrected chi connectivity index (χ3v) is 3.71. The van der Waals surface area contributed by atoms with Crippen LogP contribution in [0.2, 0.25) is 0 Å². The number of hydrogen-bond donors (Lipinski definition) is 1. The first-order chi connectivity index (χ1) is 11.6. The second kappa shape index (κ2) is 6.61. The SMILES string of the molecule is COc1ncc(NC(=O)C2CC(=O)N(c3ccc(F)cc3)C2)cn1. The molecule has 1 unspecified atom stereocenters. The maximum absolute atomic E-state index is 13.0. The molecule has 8 heteroatoms. The average Bonchev–Trinajstić information content (AvgIpc) is 2.98. The topological polar surface area (TPSA) is 84.4 Å². The van der Waals surface area contributed by atoms with E-state index in [0.29, 0.717) is 11.4 Å². The standard InChI is InChI=1S/C16H15FN4O3/c1-24-16-18-7-12(8-19-16)20-15(23)10-6-14(22)21(9-10)13-4-2-11(17)3-5-13/h2-5,7-8,10H,6,9H2,1H3,(H,20,23). The Morgan fingerprint density at radius 1 is 1.29 bits per heavy atom. The van der Waals surface area contributed by atoms with Gasteiger partial charge in [0.15, 0.2) is 0 Å². The Hall–Kier alpha value is -3.03. The molecule has 1 aliphatic heterocycles. The van der Waals surface area contributed by atoms with Gasteiger partial charge < -0.3 is 15.0 Å². The number of carbonyl (C=O) groups is 2. The van der Waals surface area contributed by atoms with Crippen LogP contribution >= 0.6 is 0 Å². The number of rotatable bonds is 4. The van der Waals surface area contributed by atoms with Crippen molar-refractivity contribution in [3.8, 4) is 6.01 Å². The van der Waals surface area contributed by atoms with Crippen LogP contribution in [0, 0.1) is 11.7 Å². The zero-order valence-corrected chi connectivity index (χ0v) is 12.9. The summed E-state index contributed by atoms with van der Waals surface area (Å²) in [5.74, 6) is -1.33. The predicted molar refractivity (Wildman–Crippen MR) is 84.1 cm³/mol. The molecule has 0 radical (unpaired) electrons. The molecule has 7 nitrogen and oxygen atoms in total. The van der Waals surface area contributed by atoms with Crippen LogP contribution in [0.5, 0.6) is 6.01 Å². The molecule has 1 aromatic carbocycles. The Kier molecular flexibility index (Phi) is 4.37. The highest BCUT2D eigenvalue weighted by atomic mass is 19.1. The molecule has 1 saturated heterocycles. The van der Waals surface area contributed by atoms with Crippen LogP contribution < -0.4 is 15.0 Å². The summed E-state index contributed by atoms with van der Waals surface area (Å²) in [5.41, 5.74) is 0.998. The number of ether oxygens (including phenoxy) is 1. The Bertz CT molecular complexity index is 749. The van der Waals surface area contributed by atoms with Gasteiger partial charge in [0.1, 0.15) is 5.82 Å². The van der Waals surface area contributed by atoms with E-state index in [0.717, 1.165) is 0 Å². The van der Waals surface area contributed by atoms with Crippen LogP contribution in [-0.2, 0) is 9.59 Å². The zero-order valence-electron chi connectivity index (χ0n) is 12.9. The molecule has 1 aromatic heterocycles. The summed E-state index contributed by atoms with van der Waals surface area (Å²) in [7, 11) is 1.45. The Morgan fingerprint density at radius 2 is 1.96 bits per heavy atom. The highest BCUT2D eigenvalue weighted by Crippen LogP contribution is 2.26. The number of methoxy groups -OCH3 is 1. The highest BCUT2D eigenvalue weighted by molar-refractivity contribution is 6.03. The van der Waals surface area contributed by atoms with E-state index in [1.54, 1.807) is 0 Å². The normalized spacial score (nSPS) is 17.0. The minimum absolute atomic E-state index is 0.0974. The lowest BCUT2D eigenvalue weighted by molar-refractivity contribution is -0.122. The van der Waals surface area contributed by atoms with Gasteiger partial charge in [-0.25, -0.2) is 14.4 Å². The van der Waals surface area contributed by atoms with Gasteiger partial charge >= 0.3 is 6.01 Å². The fraction of sp³-hybridized carbons (Fsp3) is 0.250. The van der Waals surface area contributed by atoms with Crippen LogP contribution in [0.4, 0.5) is 15.8 Å². The number of carbonyl (C=O) groups excluding carboxylic acids is 2. The third-order valence-electron chi connectivity index (χ3n) is 3.71. The van der Waals surface area contributed by atoms with Crippen molar-refractivity contribution < 1.29 is 18.7 Å². The van der Waals surface area contributed by atoms with Crippen molar-refractivity contribution in [2.75, 3.05) is 23.9 Å². The number of amides is 2. The van der Waals surface area contributed by atoms with Gasteiger partial charge in [-0.05, 0) is 24.3 Å². The molecule has 1 aliphatic rings. The van der Waals surface area contributed by atoms with Crippen molar-refractivity contribution in [1.29, 1.82) is 0 Å². The van der Waals surface area contributed by atoms with Gasteiger partial charge in [-0.15, -0.1) is 0 Å². The van der Waals surface area contributed by atoms with Gasteiger partial charge in [-0.3, -0.25) is 9.59 Å². The van der Waals surface area contributed by atoms with E-state index in [4.69, 9.17) is 4.74 Å². The van der Waals surface area contributed by atoms with E-state index in [1.165, 1.54) is 48.7 Å². The smallest absolute Gasteiger partial charge is 0.316 e. The second-order valence-electron chi connectivity index (χ2n) is 5.33. The fourth-order valence-corrected chi connectivity index (χ4v) is 2.48. The van der Waals surface area contributed by atoms with Crippen molar-refractivity contribution in [2.45, 2.75) is 6.42 Å². The largest absolute Gasteiger partial charge is 0.467 e. The van der Waals surface area contributed by atoms with E-state index in [2.05, 4.69) is 15.3 Å². The Labute approximate surface area is 137 Å². The van der Waals surface area contributed by atoms with E-state index in [-0.39, 0.29) is 36.6 Å². The molecule has 1 fully saturated rings. The molecule has 0 saturated carbocycles. The molecule has 124 valence electrons. The van der Waals surface area contributed by atoms with Gasteiger partial charge in [0.25, 0.3) is 0 Å². The van der Waals surface area contributed by atoms with Crippen molar-refractivity contribution >= 4 is 23.2 Å². The van der Waals surface area contributed by atoms with Crippen molar-refractivity contribution in [1.82, 2.24) is 9.97 Å². The molecular weight excluding hydrogens is 315 g/mol. The van der Waals surface area contributed by atoms with Gasteiger partial charge in [-0.1, -0.05) is 0 Å². The van der Waals surface area contributed by atoms with Crippen molar-refractivity contribution in [2.24, 2.45) is 5.92 Å². The summed E-state index contributed by atoms with van der Waals surface area (Å²) in [6, 6.07) is 5.80. The van der Waals surface area contributed by atoms with Gasteiger partial charge in [0, 0.05) is 18.7 Å². The van der Waals surface area contributed by atoms with E-state index in [1.807, 2.05) is 0 Å². The molecule has 3 rings (SSSR count). The minimum Gasteiger partial charge on any atom is -0.467 e. The molecule has 0 bridgehead atoms.